The molecule has 1 unspecified atom stereocenters. The van der Waals surface area contributed by atoms with E-state index < -0.39 is 11.9 Å². The fraction of sp³-hybridized carbons (Fsp3) is 0.195. The van der Waals surface area contributed by atoms with Crippen LogP contribution in [0.15, 0.2) is 110 Å². The van der Waals surface area contributed by atoms with Crippen LogP contribution in [0, 0.1) is 5.41 Å². The summed E-state index contributed by atoms with van der Waals surface area (Å²) in [6.07, 6.45) is 4.48. The number of carbonyl (C=O) groups is 2. The smallest absolute Gasteiger partial charge is 0.343 e. The maximum atomic E-state index is 13.1. The van der Waals surface area contributed by atoms with E-state index in [1.807, 2.05) is 48.5 Å². The zero-order valence-electron chi connectivity index (χ0n) is 28.1. The highest BCUT2D eigenvalue weighted by Crippen LogP contribution is 2.31. The molecule has 0 bridgehead atoms. The molecule has 10 nitrogen and oxygen atoms in total. The molecule has 1 saturated heterocycles. The third kappa shape index (κ3) is 9.39. The molecule has 0 radical (unpaired) electrons. The van der Waals surface area contributed by atoms with Gasteiger partial charge in [0, 0.05) is 18.2 Å². The number of fused-ring (bicyclic) bond motifs is 1. The van der Waals surface area contributed by atoms with Crippen LogP contribution in [0.2, 0.25) is 0 Å². The molecule has 1 fully saturated rings. The third-order valence-electron chi connectivity index (χ3n) is 8.09. The van der Waals surface area contributed by atoms with Crippen molar-refractivity contribution >= 4 is 28.9 Å². The summed E-state index contributed by atoms with van der Waals surface area (Å²) in [6.45, 7) is 5.30. The summed E-state index contributed by atoms with van der Waals surface area (Å²) in [5, 5.41) is 9.70. The van der Waals surface area contributed by atoms with Crippen molar-refractivity contribution in [1.29, 1.82) is 5.41 Å². The molecule has 5 aromatic rings. The van der Waals surface area contributed by atoms with E-state index >= 15 is 0 Å². The standard InChI is InChI=1S/C41H37NO9/c1-3-46-34-14-11-29(12-15-34)40(43)50-36-17-7-27(21-33(36)25-42)5-6-28-8-18-37(38(22-28)45-2)51-41(44)32-10-9-31-24-35(16-13-30(31)23-32)47-19-4-20-48-39-26-49-39/h3,7-18,21-25,39,42H,1,4-6,19-20,26H2,2H3. The minimum absolute atomic E-state index is 0.0475. The van der Waals surface area contributed by atoms with Crippen molar-refractivity contribution in [3.8, 4) is 28.7 Å². The zero-order valence-corrected chi connectivity index (χ0v) is 28.1. The lowest BCUT2D eigenvalue weighted by Crippen LogP contribution is -2.10. The van der Waals surface area contributed by atoms with Crippen LogP contribution in [0.5, 0.6) is 28.7 Å². The molecule has 0 saturated carbocycles. The Kier molecular flexibility index (Phi) is 11.4. The first-order valence-electron chi connectivity index (χ1n) is 16.4. The van der Waals surface area contributed by atoms with E-state index in [1.54, 1.807) is 48.5 Å². The number of epoxide rings is 1. The molecule has 260 valence electrons. The van der Waals surface area contributed by atoms with E-state index in [0.717, 1.165) is 40.3 Å². The Bertz CT molecular complexity index is 2040. The summed E-state index contributed by atoms with van der Waals surface area (Å²) in [7, 11) is 1.53. The Labute approximate surface area is 295 Å². The third-order valence-corrected chi connectivity index (χ3v) is 8.09. The van der Waals surface area contributed by atoms with Crippen molar-refractivity contribution in [1.82, 2.24) is 0 Å². The second-order valence-corrected chi connectivity index (χ2v) is 11.6. The van der Waals surface area contributed by atoms with E-state index in [0.29, 0.717) is 72.4 Å². The number of carbonyl (C=O) groups excluding carboxylic acids is 2. The van der Waals surface area contributed by atoms with E-state index in [4.69, 9.17) is 38.6 Å². The molecular weight excluding hydrogens is 650 g/mol. The van der Waals surface area contributed by atoms with Gasteiger partial charge in [0.05, 0.1) is 37.7 Å². The van der Waals surface area contributed by atoms with Gasteiger partial charge in [-0.05, 0) is 108 Å². The molecule has 1 aliphatic heterocycles. The molecule has 51 heavy (non-hydrogen) atoms. The number of benzene rings is 5. The van der Waals surface area contributed by atoms with Crippen LogP contribution in [-0.2, 0) is 22.3 Å². The normalized spacial score (nSPS) is 13.2. The number of ether oxygens (including phenoxy) is 7. The van der Waals surface area contributed by atoms with E-state index in [2.05, 4.69) is 6.58 Å². The van der Waals surface area contributed by atoms with Crippen molar-refractivity contribution in [2.24, 2.45) is 0 Å². The van der Waals surface area contributed by atoms with Gasteiger partial charge in [-0.25, -0.2) is 9.59 Å². The summed E-state index contributed by atoms with van der Waals surface area (Å²) < 4.78 is 38.4. The highest BCUT2D eigenvalue weighted by Gasteiger charge is 2.22. The van der Waals surface area contributed by atoms with Crippen LogP contribution in [0.4, 0.5) is 0 Å². The number of hydrogen-bond donors (Lipinski definition) is 1. The average molecular weight is 688 g/mol. The van der Waals surface area contributed by atoms with Crippen LogP contribution in [-0.4, -0.2) is 51.4 Å². The number of nitrogens with one attached hydrogen (secondary N) is 1. The molecule has 6 rings (SSSR count). The Morgan fingerprint density at radius 3 is 2.14 bits per heavy atom. The number of aryl methyl sites for hydroxylation is 2. The lowest BCUT2D eigenvalue weighted by atomic mass is 10.0. The van der Waals surface area contributed by atoms with Gasteiger partial charge >= 0.3 is 11.9 Å². The Balaban J connectivity index is 1.03. The van der Waals surface area contributed by atoms with Crippen LogP contribution in [0.1, 0.15) is 43.8 Å². The van der Waals surface area contributed by atoms with Gasteiger partial charge in [0.25, 0.3) is 0 Å². The van der Waals surface area contributed by atoms with Gasteiger partial charge < -0.3 is 38.6 Å². The molecule has 1 aliphatic rings. The summed E-state index contributed by atoms with van der Waals surface area (Å²) in [6, 6.07) is 28.4. The first kappa shape index (κ1) is 34.9. The first-order valence-corrected chi connectivity index (χ1v) is 16.4. The minimum atomic E-state index is -0.540. The maximum absolute atomic E-state index is 13.1. The number of esters is 2. The van der Waals surface area contributed by atoms with E-state index in [9.17, 15) is 9.59 Å². The van der Waals surface area contributed by atoms with Gasteiger partial charge in [-0.15, -0.1) is 0 Å². The highest BCUT2D eigenvalue weighted by atomic mass is 16.8. The summed E-state index contributed by atoms with van der Waals surface area (Å²) in [4.78, 5) is 25.8. The maximum Gasteiger partial charge on any atom is 0.343 e. The Hall–Kier alpha value is -5.97. The monoisotopic (exact) mass is 687 g/mol. The highest BCUT2D eigenvalue weighted by molar-refractivity contribution is 5.97. The molecule has 1 N–H and O–H groups in total. The second-order valence-electron chi connectivity index (χ2n) is 11.6. The van der Waals surface area contributed by atoms with Crippen molar-refractivity contribution < 1.29 is 42.7 Å². The summed E-state index contributed by atoms with van der Waals surface area (Å²) in [5.74, 6) is 1.30. The fourth-order valence-corrected chi connectivity index (χ4v) is 5.32. The minimum Gasteiger partial charge on any atom is -0.493 e. The van der Waals surface area contributed by atoms with Gasteiger partial charge in [0.1, 0.15) is 23.9 Å². The Morgan fingerprint density at radius 2 is 1.41 bits per heavy atom. The van der Waals surface area contributed by atoms with Crippen LogP contribution in [0.3, 0.4) is 0 Å². The molecule has 0 spiro atoms. The predicted octanol–water partition coefficient (Wildman–Crippen LogP) is 7.73. The quantitative estimate of drug-likeness (QED) is 0.0261. The van der Waals surface area contributed by atoms with E-state index in [-0.39, 0.29) is 6.29 Å². The Morgan fingerprint density at radius 1 is 0.765 bits per heavy atom. The van der Waals surface area contributed by atoms with Crippen molar-refractivity contribution in [3.63, 3.8) is 0 Å². The van der Waals surface area contributed by atoms with Gasteiger partial charge in [-0.1, -0.05) is 30.8 Å². The SMILES string of the molecule is C=COc1ccc(C(=O)Oc2ccc(CCc3ccc(OC(=O)c4ccc5cc(OCCCOC6CO6)ccc5c4)c(OC)c3)cc2C=N)cc1. The predicted molar refractivity (Wildman–Crippen MR) is 192 cm³/mol. The molecule has 1 atom stereocenters. The lowest BCUT2D eigenvalue weighted by Gasteiger charge is -2.12. The van der Waals surface area contributed by atoms with Crippen LogP contribution < -0.4 is 23.7 Å². The summed E-state index contributed by atoms with van der Waals surface area (Å²) in [5.41, 5.74) is 3.17. The fourth-order valence-electron chi connectivity index (χ4n) is 5.32. The summed E-state index contributed by atoms with van der Waals surface area (Å²) >= 11 is 0. The number of methoxy groups -OCH3 is 1. The number of rotatable bonds is 17. The van der Waals surface area contributed by atoms with Gasteiger partial charge in [-0.3, -0.25) is 0 Å². The molecule has 0 amide bonds. The van der Waals surface area contributed by atoms with Crippen molar-refractivity contribution in [3.05, 3.63) is 138 Å². The molecule has 10 heteroatoms. The lowest BCUT2D eigenvalue weighted by molar-refractivity contribution is 0.0434. The average Bonchev–Trinajstić information content (AvgIpc) is 3.99. The molecular formula is C41H37NO9. The second kappa shape index (κ2) is 16.6. The molecule has 1 heterocycles. The largest absolute Gasteiger partial charge is 0.493 e. The first-order chi connectivity index (χ1) is 24.9. The number of hydrogen-bond acceptors (Lipinski definition) is 10. The topological polar surface area (TPSA) is 126 Å². The van der Waals surface area contributed by atoms with Crippen molar-refractivity contribution in [2.75, 3.05) is 26.9 Å². The van der Waals surface area contributed by atoms with Gasteiger partial charge in [0.15, 0.2) is 17.8 Å². The van der Waals surface area contributed by atoms with Crippen LogP contribution >= 0.6 is 0 Å². The van der Waals surface area contributed by atoms with Crippen molar-refractivity contribution in [2.45, 2.75) is 25.6 Å². The van der Waals surface area contributed by atoms with Crippen LogP contribution in [0.25, 0.3) is 10.8 Å². The molecule has 0 aromatic heterocycles. The van der Waals surface area contributed by atoms with E-state index in [1.165, 1.54) is 13.4 Å². The van der Waals surface area contributed by atoms with Gasteiger partial charge in [-0.2, -0.15) is 0 Å². The molecule has 0 aliphatic carbocycles. The molecule has 5 aromatic carbocycles. The van der Waals surface area contributed by atoms with Gasteiger partial charge in [0.2, 0.25) is 0 Å². The zero-order chi connectivity index (χ0) is 35.6.